The molecule has 0 N–H and O–H groups in total. The molecule has 0 aliphatic rings. The zero-order chi connectivity index (χ0) is 5.70. The van der Waals surface area contributed by atoms with Gasteiger partial charge in [-0.1, -0.05) is 13.7 Å². The minimum absolute atomic E-state index is 1.17. The Balaban J connectivity index is 2.83. The molecule has 42 valence electrons. The average molecular weight is 99.0 g/mol. The second-order valence-corrected chi connectivity index (χ2v) is 1.90. The molecule has 0 radical (unpaired) electrons. The van der Waals surface area contributed by atoms with Crippen LogP contribution in [0.1, 0.15) is 13.3 Å². The maximum Gasteiger partial charge on any atom is 0.200 e. The number of rotatable bonds is 3. The van der Waals surface area contributed by atoms with Crippen LogP contribution >= 0.6 is 0 Å². The molecular weight excluding hydrogens is 84.9 g/mol. The van der Waals surface area contributed by atoms with E-state index in [1.807, 2.05) is 0 Å². The molecule has 7 heavy (non-hydrogen) atoms. The van der Waals surface area contributed by atoms with Crippen molar-refractivity contribution in [1.82, 2.24) is 4.81 Å². The summed E-state index contributed by atoms with van der Waals surface area (Å²) in [6.45, 7) is 5.61. The number of hydrogen-bond acceptors (Lipinski definition) is 1. The molecule has 0 spiro atoms. The van der Waals surface area contributed by atoms with E-state index in [2.05, 4.69) is 25.6 Å². The molecule has 0 amide bonds. The van der Waals surface area contributed by atoms with Gasteiger partial charge < -0.3 is 4.81 Å². The minimum atomic E-state index is 1.17. The zero-order valence-electron chi connectivity index (χ0n) is 5.57. The third kappa shape index (κ3) is 3.87. The topological polar surface area (TPSA) is 3.24 Å². The van der Waals surface area contributed by atoms with Gasteiger partial charge in [0.15, 0.2) is 0 Å². The van der Waals surface area contributed by atoms with Gasteiger partial charge in [0.2, 0.25) is 7.41 Å². The van der Waals surface area contributed by atoms with Crippen LogP contribution < -0.4 is 0 Å². The molecule has 1 nitrogen and oxygen atoms in total. The van der Waals surface area contributed by atoms with Crippen molar-refractivity contribution in [3.8, 4) is 0 Å². The second kappa shape index (κ2) is 4.19. The maximum atomic E-state index is 2.31. The van der Waals surface area contributed by atoms with Gasteiger partial charge in [-0.2, -0.15) is 0 Å². The Labute approximate surface area is 47.0 Å². The van der Waals surface area contributed by atoms with Crippen molar-refractivity contribution in [3.63, 3.8) is 0 Å². The molecule has 0 aromatic heterocycles. The normalized spacial score (nSPS) is 9.71. The molecule has 0 aromatic carbocycles. The Morgan fingerprint density at radius 1 is 1.57 bits per heavy atom. The fraction of sp³-hybridized carbons (Fsp3) is 1.00. The number of hydrogen-bond donors (Lipinski definition) is 0. The van der Waals surface area contributed by atoms with Crippen molar-refractivity contribution in [3.05, 3.63) is 0 Å². The van der Waals surface area contributed by atoms with Gasteiger partial charge in [-0.25, -0.2) is 0 Å². The van der Waals surface area contributed by atoms with Crippen LogP contribution in [0.5, 0.6) is 0 Å². The fourth-order valence-corrected chi connectivity index (χ4v) is 0.540. The maximum absolute atomic E-state index is 2.31. The summed E-state index contributed by atoms with van der Waals surface area (Å²) in [6, 6.07) is 0. The lowest BCUT2D eigenvalue weighted by atomic mass is 9.97. The van der Waals surface area contributed by atoms with Gasteiger partial charge in [0.05, 0.1) is 0 Å². The molecule has 0 saturated carbocycles. The van der Waals surface area contributed by atoms with E-state index in [0.29, 0.717) is 0 Å². The van der Waals surface area contributed by atoms with E-state index < -0.39 is 0 Å². The van der Waals surface area contributed by atoms with Crippen LogP contribution in [-0.2, 0) is 0 Å². The largest absolute Gasteiger partial charge is 0.348 e. The molecular formula is C5H14BN. The summed E-state index contributed by atoms with van der Waals surface area (Å²) in [4.78, 5) is 2.31. The first-order valence-electron chi connectivity index (χ1n) is 2.99. The van der Waals surface area contributed by atoms with E-state index in [-0.39, 0.29) is 0 Å². The lowest BCUT2D eigenvalue weighted by Crippen LogP contribution is -2.20. The van der Waals surface area contributed by atoms with Gasteiger partial charge in [-0.15, -0.1) is 0 Å². The van der Waals surface area contributed by atoms with E-state index in [1.165, 1.54) is 20.4 Å². The minimum Gasteiger partial charge on any atom is -0.348 e. The van der Waals surface area contributed by atoms with Crippen molar-refractivity contribution in [2.45, 2.75) is 20.2 Å². The molecule has 0 aromatic rings. The van der Waals surface area contributed by atoms with Crippen LogP contribution in [0, 0.1) is 0 Å². The highest BCUT2D eigenvalue weighted by atomic mass is 15.0. The first-order chi connectivity index (χ1) is 3.31. The van der Waals surface area contributed by atoms with Crippen LogP contribution in [0.2, 0.25) is 6.82 Å². The van der Waals surface area contributed by atoms with Crippen molar-refractivity contribution < 1.29 is 0 Å². The van der Waals surface area contributed by atoms with Crippen LogP contribution in [0.15, 0.2) is 0 Å². The van der Waals surface area contributed by atoms with Gasteiger partial charge in [0, 0.05) is 0 Å². The first kappa shape index (κ1) is 7.02. The lowest BCUT2D eigenvalue weighted by molar-refractivity contribution is 0.531. The monoisotopic (exact) mass is 99.1 g/mol. The summed E-state index contributed by atoms with van der Waals surface area (Å²) < 4.78 is 0. The van der Waals surface area contributed by atoms with Crippen molar-refractivity contribution in [2.24, 2.45) is 0 Å². The fourth-order valence-electron chi connectivity index (χ4n) is 0.540. The Hall–Kier alpha value is 0.0249. The quantitative estimate of drug-likeness (QED) is 0.471. The molecule has 0 bridgehead atoms. The second-order valence-electron chi connectivity index (χ2n) is 1.90. The van der Waals surface area contributed by atoms with Crippen LogP contribution in [0.3, 0.4) is 0 Å². The summed E-state index contributed by atoms with van der Waals surface area (Å²) in [5, 5.41) is 0. The van der Waals surface area contributed by atoms with Gasteiger partial charge in [0.25, 0.3) is 0 Å². The molecule has 0 heterocycles. The van der Waals surface area contributed by atoms with E-state index in [4.69, 9.17) is 0 Å². The lowest BCUT2D eigenvalue weighted by Gasteiger charge is -2.09. The summed E-state index contributed by atoms with van der Waals surface area (Å²) in [5.74, 6) is 0. The van der Waals surface area contributed by atoms with Crippen LogP contribution in [-0.4, -0.2) is 25.8 Å². The van der Waals surface area contributed by atoms with E-state index in [0.717, 1.165) is 0 Å². The van der Waals surface area contributed by atoms with Gasteiger partial charge in [-0.05, 0) is 20.0 Å². The molecule has 0 unspecified atom stereocenters. The highest BCUT2D eigenvalue weighted by Crippen LogP contribution is 1.80. The Kier molecular flexibility index (Phi) is 4.21. The average Bonchev–Trinajstić information content (AvgIpc) is 1.68. The highest BCUT2D eigenvalue weighted by Gasteiger charge is 1.88. The molecule has 0 fully saturated rings. The van der Waals surface area contributed by atoms with Gasteiger partial charge in [0.1, 0.15) is 0 Å². The van der Waals surface area contributed by atoms with Crippen molar-refractivity contribution in [1.29, 1.82) is 0 Å². The summed E-state index contributed by atoms with van der Waals surface area (Å²) in [6.07, 6.45) is 1.27. The van der Waals surface area contributed by atoms with Crippen LogP contribution in [0.4, 0.5) is 0 Å². The van der Waals surface area contributed by atoms with Crippen LogP contribution in [0.25, 0.3) is 0 Å². The van der Waals surface area contributed by atoms with Crippen molar-refractivity contribution in [2.75, 3.05) is 13.6 Å². The Morgan fingerprint density at radius 2 is 2.14 bits per heavy atom. The van der Waals surface area contributed by atoms with E-state index >= 15 is 0 Å². The molecule has 0 saturated heterocycles. The Morgan fingerprint density at radius 3 is 2.29 bits per heavy atom. The predicted molar refractivity (Wildman–Crippen MR) is 35.9 cm³/mol. The Bertz CT molecular complexity index is 39.1. The molecule has 0 aliphatic carbocycles. The number of nitrogens with zero attached hydrogens (tertiary/aromatic N) is 1. The summed E-state index contributed by atoms with van der Waals surface area (Å²) in [7, 11) is 3.32. The summed E-state index contributed by atoms with van der Waals surface area (Å²) in [5.41, 5.74) is 0. The zero-order valence-corrected chi connectivity index (χ0v) is 5.57. The third-order valence-electron chi connectivity index (χ3n) is 1.15. The predicted octanol–water partition coefficient (Wildman–Crippen LogP) is 0.728. The van der Waals surface area contributed by atoms with E-state index in [1.54, 1.807) is 0 Å². The SMILES string of the molecule is CBN(C)CCC. The first-order valence-corrected chi connectivity index (χ1v) is 2.99. The molecule has 0 rings (SSSR count). The smallest absolute Gasteiger partial charge is 0.200 e. The van der Waals surface area contributed by atoms with E-state index in [9.17, 15) is 0 Å². The molecule has 0 atom stereocenters. The molecule has 0 aliphatic heterocycles. The highest BCUT2D eigenvalue weighted by molar-refractivity contribution is 6.29. The third-order valence-corrected chi connectivity index (χ3v) is 1.15. The van der Waals surface area contributed by atoms with Gasteiger partial charge >= 0.3 is 0 Å². The standard InChI is InChI=1S/C5H14BN/c1-4-5-7(3)6-2/h6H,4-5H2,1-3H3. The molecule has 2 heteroatoms. The van der Waals surface area contributed by atoms with Crippen molar-refractivity contribution >= 4 is 7.41 Å². The summed E-state index contributed by atoms with van der Waals surface area (Å²) >= 11 is 0. The van der Waals surface area contributed by atoms with Gasteiger partial charge in [-0.3, -0.25) is 0 Å².